The standard InChI is InChI=1S/C16H21FN2O4/c1-10-9-19(15(21)22-10)11-5-6-13(12(17)7-11)18-8-14(20)23-16(2,3)4/h5-7,10,18H,8-9H2,1-4H3. The Morgan fingerprint density at radius 1 is 1.48 bits per heavy atom. The van der Waals surface area contributed by atoms with Crippen molar-refractivity contribution in [1.82, 2.24) is 0 Å². The fourth-order valence-corrected chi connectivity index (χ4v) is 2.18. The van der Waals surface area contributed by atoms with Gasteiger partial charge in [-0.1, -0.05) is 0 Å². The van der Waals surface area contributed by atoms with Gasteiger partial charge < -0.3 is 14.8 Å². The van der Waals surface area contributed by atoms with Gasteiger partial charge in [0.1, 0.15) is 24.1 Å². The van der Waals surface area contributed by atoms with E-state index >= 15 is 0 Å². The van der Waals surface area contributed by atoms with Gasteiger partial charge in [-0.2, -0.15) is 0 Å². The number of hydrogen-bond acceptors (Lipinski definition) is 5. The number of nitrogens with one attached hydrogen (secondary N) is 1. The van der Waals surface area contributed by atoms with Crippen molar-refractivity contribution in [3.8, 4) is 0 Å². The third kappa shape index (κ3) is 4.58. The lowest BCUT2D eigenvalue weighted by Gasteiger charge is -2.20. The maximum atomic E-state index is 14.1. The number of carbonyl (C=O) groups excluding carboxylic acids is 2. The molecule has 0 aromatic heterocycles. The summed E-state index contributed by atoms with van der Waals surface area (Å²) in [7, 11) is 0. The van der Waals surface area contributed by atoms with Crippen LogP contribution in [0.15, 0.2) is 18.2 Å². The first-order chi connectivity index (χ1) is 10.7. The van der Waals surface area contributed by atoms with Gasteiger partial charge in [0, 0.05) is 0 Å². The number of amides is 1. The Hall–Kier alpha value is -2.31. The van der Waals surface area contributed by atoms with E-state index in [4.69, 9.17) is 9.47 Å². The summed E-state index contributed by atoms with van der Waals surface area (Å²) >= 11 is 0. The van der Waals surface area contributed by atoms with Gasteiger partial charge in [0.05, 0.1) is 17.9 Å². The van der Waals surface area contributed by atoms with E-state index in [1.807, 2.05) is 0 Å². The minimum absolute atomic E-state index is 0.143. The Morgan fingerprint density at radius 3 is 2.70 bits per heavy atom. The number of nitrogens with zero attached hydrogens (tertiary/aromatic N) is 1. The summed E-state index contributed by atoms with van der Waals surface area (Å²) in [6.07, 6.45) is -0.720. The summed E-state index contributed by atoms with van der Waals surface area (Å²) < 4.78 is 24.3. The highest BCUT2D eigenvalue weighted by molar-refractivity contribution is 5.90. The Balaban J connectivity index is 2.00. The van der Waals surface area contributed by atoms with Crippen LogP contribution in [0.2, 0.25) is 0 Å². The van der Waals surface area contributed by atoms with Crippen LogP contribution in [0.1, 0.15) is 27.7 Å². The fraction of sp³-hybridized carbons (Fsp3) is 0.500. The van der Waals surface area contributed by atoms with Crippen LogP contribution >= 0.6 is 0 Å². The number of rotatable bonds is 4. The SMILES string of the molecule is CC1CN(c2ccc(NCC(=O)OC(C)(C)C)c(F)c2)C(=O)O1. The molecule has 1 atom stereocenters. The van der Waals surface area contributed by atoms with Crippen molar-refractivity contribution in [2.75, 3.05) is 23.3 Å². The van der Waals surface area contributed by atoms with Crippen molar-refractivity contribution in [3.05, 3.63) is 24.0 Å². The number of benzene rings is 1. The van der Waals surface area contributed by atoms with E-state index in [2.05, 4.69) is 5.32 Å². The molecular formula is C16H21FN2O4. The normalized spacial score (nSPS) is 17.9. The largest absolute Gasteiger partial charge is 0.459 e. The number of hydrogen-bond donors (Lipinski definition) is 1. The van der Waals surface area contributed by atoms with Crippen LogP contribution in [-0.4, -0.2) is 36.9 Å². The predicted octanol–water partition coefficient (Wildman–Crippen LogP) is 2.92. The predicted molar refractivity (Wildman–Crippen MR) is 84.0 cm³/mol. The quantitative estimate of drug-likeness (QED) is 0.863. The van der Waals surface area contributed by atoms with E-state index in [0.717, 1.165) is 0 Å². The summed E-state index contributed by atoms with van der Waals surface area (Å²) in [5, 5.41) is 2.69. The molecule has 1 aliphatic rings. The van der Waals surface area contributed by atoms with E-state index in [9.17, 15) is 14.0 Å². The molecule has 1 amide bonds. The first-order valence-corrected chi connectivity index (χ1v) is 7.39. The third-order valence-electron chi connectivity index (χ3n) is 3.07. The van der Waals surface area contributed by atoms with Crippen molar-refractivity contribution in [2.24, 2.45) is 0 Å². The second-order valence-electron chi connectivity index (χ2n) is 6.41. The van der Waals surface area contributed by atoms with Crippen molar-refractivity contribution in [1.29, 1.82) is 0 Å². The minimum Gasteiger partial charge on any atom is -0.459 e. The van der Waals surface area contributed by atoms with Crippen molar-refractivity contribution >= 4 is 23.4 Å². The molecular weight excluding hydrogens is 303 g/mol. The molecule has 0 saturated carbocycles. The zero-order valence-electron chi connectivity index (χ0n) is 13.7. The van der Waals surface area contributed by atoms with Crippen LogP contribution in [-0.2, 0) is 14.3 Å². The lowest BCUT2D eigenvalue weighted by atomic mass is 10.2. The average Bonchev–Trinajstić information content (AvgIpc) is 2.74. The summed E-state index contributed by atoms with van der Waals surface area (Å²) in [6, 6.07) is 4.31. The van der Waals surface area contributed by atoms with Crippen LogP contribution in [0.25, 0.3) is 0 Å². The number of anilines is 2. The minimum atomic E-state index is -0.589. The molecule has 7 heteroatoms. The Kier molecular flexibility index (Phi) is 4.77. The Labute approximate surface area is 134 Å². The topological polar surface area (TPSA) is 67.9 Å². The maximum absolute atomic E-state index is 14.1. The first kappa shape index (κ1) is 17.1. The molecule has 1 aromatic carbocycles. The van der Waals surface area contributed by atoms with E-state index in [1.165, 1.54) is 17.0 Å². The highest BCUT2D eigenvalue weighted by Crippen LogP contribution is 2.25. The van der Waals surface area contributed by atoms with Gasteiger partial charge in [0.15, 0.2) is 0 Å². The lowest BCUT2D eigenvalue weighted by Crippen LogP contribution is -2.28. The van der Waals surface area contributed by atoms with Gasteiger partial charge in [0.25, 0.3) is 0 Å². The molecule has 1 fully saturated rings. The number of halogens is 1. The van der Waals surface area contributed by atoms with Crippen LogP contribution < -0.4 is 10.2 Å². The van der Waals surface area contributed by atoms with Gasteiger partial charge in [-0.15, -0.1) is 0 Å². The van der Waals surface area contributed by atoms with Crippen LogP contribution in [0, 0.1) is 5.82 Å². The molecule has 0 spiro atoms. The molecule has 0 radical (unpaired) electrons. The van der Waals surface area contributed by atoms with Crippen molar-refractivity contribution < 1.29 is 23.5 Å². The smallest absolute Gasteiger partial charge is 0.414 e. The van der Waals surface area contributed by atoms with Gasteiger partial charge in [-0.05, 0) is 45.9 Å². The van der Waals surface area contributed by atoms with Gasteiger partial charge in [0.2, 0.25) is 0 Å². The van der Waals surface area contributed by atoms with Crippen LogP contribution in [0.3, 0.4) is 0 Å². The summed E-state index contributed by atoms with van der Waals surface area (Å²) in [5.41, 5.74) is -0.00608. The van der Waals surface area contributed by atoms with Gasteiger partial charge in [-0.3, -0.25) is 9.69 Å². The van der Waals surface area contributed by atoms with Crippen molar-refractivity contribution in [2.45, 2.75) is 39.4 Å². The van der Waals surface area contributed by atoms with E-state index in [0.29, 0.717) is 12.2 Å². The summed E-state index contributed by atoms with van der Waals surface area (Å²) in [4.78, 5) is 24.6. The van der Waals surface area contributed by atoms with Gasteiger partial charge >= 0.3 is 12.1 Å². The molecule has 2 rings (SSSR count). The van der Waals surface area contributed by atoms with E-state index in [1.54, 1.807) is 33.8 Å². The first-order valence-electron chi connectivity index (χ1n) is 7.39. The van der Waals surface area contributed by atoms with Crippen molar-refractivity contribution in [3.63, 3.8) is 0 Å². The van der Waals surface area contributed by atoms with E-state index in [-0.39, 0.29) is 18.3 Å². The number of ether oxygens (including phenoxy) is 2. The fourth-order valence-electron chi connectivity index (χ4n) is 2.18. The summed E-state index contributed by atoms with van der Waals surface area (Å²) in [6.45, 7) is 7.29. The Morgan fingerprint density at radius 2 is 2.17 bits per heavy atom. The molecule has 126 valence electrons. The molecule has 1 N–H and O–H groups in total. The molecule has 0 aliphatic carbocycles. The third-order valence-corrected chi connectivity index (χ3v) is 3.07. The molecule has 1 unspecified atom stereocenters. The van der Waals surface area contributed by atoms with Crippen LogP contribution in [0.4, 0.5) is 20.6 Å². The molecule has 6 nitrogen and oxygen atoms in total. The lowest BCUT2D eigenvalue weighted by molar-refractivity contribution is -0.152. The summed E-state index contributed by atoms with van der Waals surface area (Å²) in [5.74, 6) is -1.03. The second kappa shape index (κ2) is 6.44. The number of carbonyl (C=O) groups is 2. The number of cyclic esters (lactones) is 1. The second-order valence-corrected chi connectivity index (χ2v) is 6.41. The average molecular weight is 324 g/mol. The molecule has 1 aliphatic heterocycles. The van der Waals surface area contributed by atoms with Crippen LogP contribution in [0.5, 0.6) is 0 Å². The molecule has 0 bridgehead atoms. The molecule has 1 saturated heterocycles. The number of esters is 1. The Bertz CT molecular complexity index is 613. The maximum Gasteiger partial charge on any atom is 0.414 e. The molecule has 1 heterocycles. The zero-order valence-corrected chi connectivity index (χ0v) is 13.7. The molecule has 23 heavy (non-hydrogen) atoms. The highest BCUT2D eigenvalue weighted by atomic mass is 19.1. The highest BCUT2D eigenvalue weighted by Gasteiger charge is 2.29. The van der Waals surface area contributed by atoms with Gasteiger partial charge in [-0.25, -0.2) is 9.18 Å². The zero-order chi connectivity index (χ0) is 17.2. The monoisotopic (exact) mass is 324 g/mol. The van der Waals surface area contributed by atoms with E-state index < -0.39 is 23.5 Å². The molecule has 1 aromatic rings.